The van der Waals surface area contributed by atoms with Gasteiger partial charge >= 0.3 is 0 Å². The molecule has 7 nitrogen and oxygen atoms in total. The molecule has 1 amide bonds. The number of likely N-dealkylation sites (N-methyl/N-ethyl adjacent to an activating group) is 1. The first-order valence-electron chi connectivity index (χ1n) is 9.79. The van der Waals surface area contributed by atoms with Gasteiger partial charge in [-0.05, 0) is 31.7 Å². The molecular weight excluding hydrogens is 352 g/mol. The summed E-state index contributed by atoms with van der Waals surface area (Å²) in [5, 5.41) is 4.33. The zero-order valence-corrected chi connectivity index (χ0v) is 17.7. The van der Waals surface area contributed by atoms with Gasteiger partial charge in [-0.1, -0.05) is 32.6 Å². The second-order valence-electron chi connectivity index (χ2n) is 6.82. The van der Waals surface area contributed by atoms with Crippen LogP contribution in [-0.4, -0.2) is 55.5 Å². The Morgan fingerprint density at radius 3 is 2.32 bits per heavy atom. The largest absolute Gasteiger partial charge is 0.400 e. The average Bonchev–Trinajstić information content (AvgIpc) is 2.69. The van der Waals surface area contributed by atoms with Crippen molar-refractivity contribution >= 4 is 11.6 Å². The van der Waals surface area contributed by atoms with Gasteiger partial charge in [-0.15, -0.1) is 0 Å². The van der Waals surface area contributed by atoms with E-state index in [1.165, 1.54) is 5.01 Å². The predicted octanol–water partition coefficient (Wildman–Crippen LogP) is 1.63. The van der Waals surface area contributed by atoms with E-state index in [9.17, 15) is 4.79 Å². The van der Waals surface area contributed by atoms with Crippen LogP contribution in [0.25, 0.3) is 0 Å². The number of piperazine rings is 1. The second-order valence-corrected chi connectivity index (χ2v) is 6.82. The SMILES string of the molecule is C=C(C)C(=O)NCc1ccc(N(N)/C=C(\N)CN2CCN(C)CC2)cc1.CC. The summed E-state index contributed by atoms with van der Waals surface area (Å²) in [5.41, 5.74) is 9.20. The van der Waals surface area contributed by atoms with Crippen molar-refractivity contribution in [3.05, 3.63) is 53.9 Å². The molecule has 5 N–H and O–H groups in total. The smallest absolute Gasteiger partial charge is 0.246 e. The monoisotopic (exact) mass is 388 g/mol. The molecule has 7 heteroatoms. The van der Waals surface area contributed by atoms with Crippen LogP contribution >= 0.6 is 0 Å². The molecule has 0 spiro atoms. The third-order valence-electron chi connectivity index (χ3n) is 4.38. The Labute approximate surface area is 169 Å². The van der Waals surface area contributed by atoms with E-state index in [2.05, 4.69) is 28.7 Å². The molecule has 0 unspecified atom stereocenters. The van der Waals surface area contributed by atoms with E-state index in [4.69, 9.17) is 11.6 Å². The van der Waals surface area contributed by atoms with Gasteiger partial charge in [-0.3, -0.25) is 14.7 Å². The number of hydrogen-bond donors (Lipinski definition) is 3. The van der Waals surface area contributed by atoms with Gasteiger partial charge in [0.1, 0.15) is 0 Å². The fraction of sp³-hybridized carbons (Fsp3) is 0.476. The van der Waals surface area contributed by atoms with Crippen LogP contribution in [0.4, 0.5) is 5.69 Å². The zero-order valence-electron chi connectivity index (χ0n) is 17.7. The summed E-state index contributed by atoms with van der Waals surface area (Å²) < 4.78 is 0. The van der Waals surface area contributed by atoms with Crippen molar-refractivity contribution in [2.75, 3.05) is 44.8 Å². The van der Waals surface area contributed by atoms with Crippen molar-refractivity contribution in [2.24, 2.45) is 11.6 Å². The van der Waals surface area contributed by atoms with Crippen LogP contribution in [0.2, 0.25) is 0 Å². The minimum absolute atomic E-state index is 0.144. The molecule has 2 rings (SSSR count). The molecule has 0 atom stereocenters. The van der Waals surface area contributed by atoms with Gasteiger partial charge in [0.05, 0.1) is 5.69 Å². The summed E-state index contributed by atoms with van der Waals surface area (Å²) in [6.45, 7) is 14.6. The summed E-state index contributed by atoms with van der Waals surface area (Å²) in [6, 6.07) is 7.67. The molecule has 28 heavy (non-hydrogen) atoms. The van der Waals surface area contributed by atoms with E-state index in [0.29, 0.717) is 18.7 Å². The number of rotatable bonds is 7. The van der Waals surface area contributed by atoms with Crippen LogP contribution in [0.15, 0.2) is 48.3 Å². The van der Waals surface area contributed by atoms with Crippen LogP contribution in [-0.2, 0) is 11.3 Å². The molecular formula is C21H36N6O. The van der Waals surface area contributed by atoms with E-state index < -0.39 is 0 Å². The molecule has 1 aliphatic heterocycles. The Balaban J connectivity index is 0.00000190. The molecule has 1 saturated heterocycles. The Hall–Kier alpha value is -2.35. The number of hydrogen-bond acceptors (Lipinski definition) is 6. The van der Waals surface area contributed by atoms with Gasteiger partial charge < -0.3 is 16.0 Å². The fourth-order valence-electron chi connectivity index (χ4n) is 2.68. The number of carbonyl (C=O) groups excluding carboxylic acids is 1. The maximum absolute atomic E-state index is 11.5. The van der Waals surface area contributed by atoms with E-state index in [1.807, 2.05) is 38.1 Å². The summed E-state index contributed by atoms with van der Waals surface area (Å²) in [5.74, 6) is 5.96. The normalized spacial score (nSPS) is 15.4. The summed E-state index contributed by atoms with van der Waals surface area (Å²) >= 11 is 0. The van der Waals surface area contributed by atoms with Crippen LogP contribution in [0.1, 0.15) is 26.3 Å². The molecule has 0 aromatic heterocycles. The van der Waals surface area contributed by atoms with Gasteiger partial charge in [0.15, 0.2) is 0 Å². The molecule has 1 heterocycles. The minimum Gasteiger partial charge on any atom is -0.400 e. The van der Waals surface area contributed by atoms with Gasteiger partial charge in [-0.2, -0.15) is 0 Å². The second kappa shape index (κ2) is 12.2. The van der Waals surface area contributed by atoms with E-state index in [-0.39, 0.29) is 5.91 Å². The quantitative estimate of drug-likeness (QED) is 0.374. The number of hydrazine groups is 1. The summed E-state index contributed by atoms with van der Waals surface area (Å²) in [6.07, 6.45) is 1.76. The van der Waals surface area contributed by atoms with Gasteiger partial charge in [0.2, 0.25) is 5.91 Å². The first kappa shape index (κ1) is 23.7. The molecule has 1 aliphatic rings. The summed E-state index contributed by atoms with van der Waals surface area (Å²) in [7, 11) is 2.13. The highest BCUT2D eigenvalue weighted by molar-refractivity contribution is 5.92. The third-order valence-corrected chi connectivity index (χ3v) is 4.38. The Morgan fingerprint density at radius 1 is 1.21 bits per heavy atom. The average molecular weight is 389 g/mol. The van der Waals surface area contributed by atoms with Crippen LogP contribution in [0.3, 0.4) is 0 Å². The number of nitrogens with zero attached hydrogens (tertiary/aromatic N) is 3. The van der Waals surface area contributed by atoms with Crippen molar-refractivity contribution in [1.29, 1.82) is 0 Å². The first-order valence-corrected chi connectivity index (χ1v) is 9.79. The van der Waals surface area contributed by atoms with Crippen LogP contribution in [0, 0.1) is 0 Å². The maximum atomic E-state index is 11.5. The van der Waals surface area contributed by atoms with Gasteiger partial charge in [0.25, 0.3) is 0 Å². The van der Waals surface area contributed by atoms with E-state index >= 15 is 0 Å². The molecule has 1 aromatic carbocycles. The van der Waals surface area contributed by atoms with Crippen LogP contribution < -0.4 is 21.9 Å². The lowest BCUT2D eigenvalue weighted by atomic mass is 10.2. The first-order chi connectivity index (χ1) is 13.3. The number of anilines is 1. The lowest BCUT2D eigenvalue weighted by Gasteiger charge is -2.32. The van der Waals surface area contributed by atoms with Crippen molar-refractivity contribution in [3.8, 4) is 0 Å². The van der Waals surface area contributed by atoms with Crippen molar-refractivity contribution in [1.82, 2.24) is 15.1 Å². The van der Waals surface area contributed by atoms with Gasteiger partial charge in [0, 0.05) is 56.7 Å². The Morgan fingerprint density at radius 2 is 1.79 bits per heavy atom. The molecule has 1 aromatic rings. The van der Waals surface area contributed by atoms with Crippen molar-refractivity contribution < 1.29 is 4.79 Å². The fourth-order valence-corrected chi connectivity index (χ4v) is 2.68. The molecule has 0 radical (unpaired) electrons. The van der Waals surface area contributed by atoms with Crippen molar-refractivity contribution in [3.63, 3.8) is 0 Å². The highest BCUT2D eigenvalue weighted by atomic mass is 16.1. The Kier molecular flexibility index (Phi) is 10.3. The molecule has 156 valence electrons. The van der Waals surface area contributed by atoms with Crippen LogP contribution in [0.5, 0.6) is 0 Å². The topological polar surface area (TPSA) is 90.9 Å². The van der Waals surface area contributed by atoms with Crippen molar-refractivity contribution in [2.45, 2.75) is 27.3 Å². The maximum Gasteiger partial charge on any atom is 0.246 e. The van der Waals surface area contributed by atoms with Gasteiger partial charge in [-0.25, -0.2) is 5.84 Å². The molecule has 0 aliphatic carbocycles. The molecule has 1 fully saturated rings. The van der Waals surface area contributed by atoms with E-state index in [0.717, 1.165) is 43.1 Å². The number of carbonyl (C=O) groups is 1. The number of amides is 1. The number of benzene rings is 1. The highest BCUT2D eigenvalue weighted by Gasteiger charge is 2.14. The highest BCUT2D eigenvalue weighted by Crippen LogP contribution is 2.14. The molecule has 0 bridgehead atoms. The summed E-state index contributed by atoms with van der Waals surface area (Å²) in [4.78, 5) is 16.2. The Bertz CT molecular complexity index is 647. The number of nitrogens with one attached hydrogen (secondary N) is 1. The third kappa shape index (κ3) is 8.12. The lowest BCUT2D eigenvalue weighted by Crippen LogP contribution is -2.45. The standard InChI is InChI=1S/C19H30N6O.C2H6/c1-15(2)19(26)22-12-16-4-6-18(7-5-16)25(21)14-17(20)13-24-10-8-23(3)9-11-24;1-2/h4-7,14H,1,8-13,20-21H2,2-3H3,(H,22,26);1-2H3/b17-14-;. The lowest BCUT2D eigenvalue weighted by molar-refractivity contribution is -0.117. The van der Waals surface area contributed by atoms with E-state index in [1.54, 1.807) is 13.1 Å². The zero-order chi connectivity index (χ0) is 21.1. The number of nitrogens with two attached hydrogens (primary N) is 2. The molecule has 0 saturated carbocycles. The predicted molar refractivity (Wildman–Crippen MR) is 117 cm³/mol. The minimum atomic E-state index is -0.144.